The van der Waals surface area contributed by atoms with Crippen molar-refractivity contribution in [1.82, 2.24) is 4.72 Å². The maximum atomic E-state index is 12.8. The van der Waals surface area contributed by atoms with Crippen molar-refractivity contribution in [3.05, 3.63) is 23.8 Å². The van der Waals surface area contributed by atoms with Crippen molar-refractivity contribution in [3.63, 3.8) is 0 Å². The Morgan fingerprint density at radius 1 is 1.21 bits per heavy atom. The Labute approximate surface area is 143 Å². The third-order valence-corrected chi connectivity index (χ3v) is 7.62. The summed E-state index contributed by atoms with van der Waals surface area (Å²) >= 11 is 0. The molecule has 4 atom stereocenters. The number of carbonyl (C=O) groups excluding carboxylic acids is 1. The highest BCUT2D eigenvalue weighted by Gasteiger charge is 2.42. The largest absolute Gasteiger partial charge is 0.326 e. The third-order valence-electron chi connectivity index (χ3n) is 6.06. The van der Waals surface area contributed by atoms with Crippen LogP contribution in [-0.2, 0) is 21.2 Å². The normalized spacial score (nSPS) is 30.0. The number of nitrogens with one attached hydrogen (secondary N) is 2. The van der Waals surface area contributed by atoms with Gasteiger partial charge in [-0.2, -0.15) is 0 Å². The summed E-state index contributed by atoms with van der Waals surface area (Å²) in [5.74, 6) is 1.95. The molecule has 5 nitrogen and oxygen atoms in total. The van der Waals surface area contributed by atoms with E-state index in [1.165, 1.54) is 19.3 Å². The second-order valence-electron chi connectivity index (χ2n) is 7.62. The number of benzene rings is 1. The summed E-state index contributed by atoms with van der Waals surface area (Å²) in [6, 6.07) is 4.95. The topological polar surface area (TPSA) is 75.3 Å². The van der Waals surface area contributed by atoms with Gasteiger partial charge in [-0.15, -0.1) is 0 Å². The average molecular weight is 348 g/mol. The maximum Gasteiger partial charge on any atom is 0.240 e. The van der Waals surface area contributed by atoms with Gasteiger partial charge in [-0.3, -0.25) is 4.79 Å². The summed E-state index contributed by atoms with van der Waals surface area (Å²) in [5.41, 5.74) is 1.62. The van der Waals surface area contributed by atoms with Crippen LogP contribution in [0, 0.1) is 17.8 Å². The van der Waals surface area contributed by atoms with Gasteiger partial charge in [0.1, 0.15) is 0 Å². The van der Waals surface area contributed by atoms with E-state index in [4.69, 9.17) is 0 Å². The number of aryl methyl sites for hydroxylation is 1. The van der Waals surface area contributed by atoms with Crippen LogP contribution in [0.5, 0.6) is 0 Å². The smallest absolute Gasteiger partial charge is 0.240 e. The number of rotatable bonds is 4. The molecular weight excluding hydrogens is 324 g/mol. The third kappa shape index (κ3) is 2.86. The summed E-state index contributed by atoms with van der Waals surface area (Å²) in [6.45, 7) is 2.00. The molecule has 3 aliphatic rings. The molecule has 0 radical (unpaired) electrons. The van der Waals surface area contributed by atoms with Crippen LogP contribution in [0.3, 0.4) is 0 Å². The SMILES string of the molecule is CC(NS(=O)(=O)c1ccc2c(c1)CCC(=O)N2)C1CC2CCC1C2. The fourth-order valence-corrected chi connectivity index (χ4v) is 6.18. The second-order valence-corrected chi connectivity index (χ2v) is 9.33. The molecular formula is C18H24N2O3S. The lowest BCUT2D eigenvalue weighted by molar-refractivity contribution is -0.116. The lowest BCUT2D eigenvalue weighted by atomic mass is 9.84. The van der Waals surface area contributed by atoms with Gasteiger partial charge in [0.05, 0.1) is 4.90 Å². The first-order valence-corrected chi connectivity index (χ1v) is 10.4. The maximum absolute atomic E-state index is 12.8. The summed E-state index contributed by atoms with van der Waals surface area (Å²) in [5, 5.41) is 2.79. The minimum atomic E-state index is -3.52. The molecule has 1 heterocycles. The van der Waals surface area contributed by atoms with Gasteiger partial charge in [0.2, 0.25) is 15.9 Å². The van der Waals surface area contributed by atoms with Crippen LogP contribution in [0.2, 0.25) is 0 Å². The van der Waals surface area contributed by atoms with E-state index in [0.717, 1.165) is 23.6 Å². The molecule has 4 rings (SSSR count). The highest BCUT2D eigenvalue weighted by molar-refractivity contribution is 7.89. The van der Waals surface area contributed by atoms with Crippen LogP contribution < -0.4 is 10.0 Å². The Balaban J connectivity index is 1.51. The van der Waals surface area contributed by atoms with E-state index in [1.807, 2.05) is 6.92 Å². The Kier molecular flexibility index (Phi) is 3.92. The van der Waals surface area contributed by atoms with Crippen LogP contribution >= 0.6 is 0 Å². The van der Waals surface area contributed by atoms with Gasteiger partial charge in [-0.05, 0) is 74.1 Å². The monoisotopic (exact) mass is 348 g/mol. The first-order valence-electron chi connectivity index (χ1n) is 8.87. The van der Waals surface area contributed by atoms with Crippen molar-refractivity contribution in [2.75, 3.05) is 5.32 Å². The van der Waals surface area contributed by atoms with Crippen molar-refractivity contribution in [2.45, 2.75) is 56.4 Å². The second kappa shape index (κ2) is 5.85. The van der Waals surface area contributed by atoms with Gasteiger partial charge in [0.15, 0.2) is 0 Å². The number of hydrogen-bond donors (Lipinski definition) is 2. The Morgan fingerprint density at radius 3 is 2.75 bits per heavy atom. The van der Waals surface area contributed by atoms with E-state index in [1.54, 1.807) is 18.2 Å². The first-order chi connectivity index (χ1) is 11.4. The van der Waals surface area contributed by atoms with Gasteiger partial charge in [-0.1, -0.05) is 6.42 Å². The number of sulfonamides is 1. The minimum Gasteiger partial charge on any atom is -0.326 e. The van der Waals surface area contributed by atoms with Crippen LogP contribution in [-0.4, -0.2) is 20.4 Å². The van der Waals surface area contributed by atoms with Crippen LogP contribution in [0.15, 0.2) is 23.1 Å². The zero-order chi connectivity index (χ0) is 16.9. The molecule has 2 bridgehead atoms. The number of carbonyl (C=O) groups is 1. The highest BCUT2D eigenvalue weighted by Crippen LogP contribution is 2.49. The van der Waals surface area contributed by atoms with Gasteiger partial charge < -0.3 is 5.32 Å². The van der Waals surface area contributed by atoms with Crippen molar-refractivity contribution in [1.29, 1.82) is 0 Å². The molecule has 1 aromatic carbocycles. The predicted molar refractivity (Wildman–Crippen MR) is 92.1 cm³/mol. The molecule has 2 saturated carbocycles. The van der Waals surface area contributed by atoms with E-state index in [0.29, 0.717) is 29.6 Å². The Hall–Kier alpha value is -1.40. The molecule has 4 unspecified atom stereocenters. The quantitative estimate of drug-likeness (QED) is 0.878. The van der Waals surface area contributed by atoms with Crippen molar-refractivity contribution >= 4 is 21.6 Å². The van der Waals surface area contributed by atoms with Gasteiger partial charge in [0.25, 0.3) is 0 Å². The lowest BCUT2D eigenvalue weighted by Gasteiger charge is -2.28. The zero-order valence-electron chi connectivity index (χ0n) is 13.9. The number of hydrogen-bond acceptors (Lipinski definition) is 3. The van der Waals surface area contributed by atoms with Gasteiger partial charge in [0, 0.05) is 18.2 Å². The molecule has 2 fully saturated rings. The summed E-state index contributed by atoms with van der Waals surface area (Å²) < 4.78 is 28.4. The zero-order valence-corrected chi connectivity index (χ0v) is 14.7. The number of anilines is 1. The number of amides is 1. The first kappa shape index (κ1) is 16.1. The Morgan fingerprint density at radius 2 is 2.04 bits per heavy atom. The van der Waals surface area contributed by atoms with Gasteiger partial charge >= 0.3 is 0 Å². The number of fused-ring (bicyclic) bond motifs is 3. The van der Waals surface area contributed by atoms with Crippen LogP contribution in [0.25, 0.3) is 0 Å². The fraction of sp³-hybridized carbons (Fsp3) is 0.611. The molecule has 6 heteroatoms. The molecule has 2 N–H and O–H groups in total. The fourth-order valence-electron chi connectivity index (χ4n) is 4.83. The van der Waals surface area contributed by atoms with E-state index in [2.05, 4.69) is 10.0 Å². The van der Waals surface area contributed by atoms with Crippen molar-refractivity contribution in [3.8, 4) is 0 Å². The van der Waals surface area contributed by atoms with Gasteiger partial charge in [-0.25, -0.2) is 13.1 Å². The lowest BCUT2D eigenvalue weighted by Crippen LogP contribution is -2.40. The molecule has 1 aromatic rings. The summed E-state index contributed by atoms with van der Waals surface area (Å²) in [7, 11) is -3.52. The minimum absolute atomic E-state index is 0.0128. The molecule has 24 heavy (non-hydrogen) atoms. The van der Waals surface area contributed by atoms with Crippen molar-refractivity contribution in [2.24, 2.45) is 17.8 Å². The molecule has 0 saturated heterocycles. The molecule has 0 aromatic heterocycles. The molecule has 2 aliphatic carbocycles. The average Bonchev–Trinajstić information content (AvgIpc) is 3.17. The van der Waals surface area contributed by atoms with E-state index in [9.17, 15) is 13.2 Å². The molecule has 1 aliphatic heterocycles. The highest BCUT2D eigenvalue weighted by atomic mass is 32.2. The molecule has 130 valence electrons. The standard InChI is InChI=1S/C18H24N2O3S/c1-11(16-9-12-2-3-13(16)8-12)20-24(22,23)15-5-6-17-14(10-15)4-7-18(21)19-17/h5-6,10-13,16,20H,2-4,7-9H2,1H3,(H,19,21). The van der Waals surface area contributed by atoms with E-state index in [-0.39, 0.29) is 11.9 Å². The predicted octanol–water partition coefficient (Wildman–Crippen LogP) is 2.67. The van der Waals surface area contributed by atoms with Crippen LogP contribution in [0.4, 0.5) is 5.69 Å². The van der Waals surface area contributed by atoms with E-state index >= 15 is 0 Å². The summed E-state index contributed by atoms with van der Waals surface area (Å²) in [6.07, 6.45) is 5.99. The molecule has 1 amide bonds. The summed E-state index contributed by atoms with van der Waals surface area (Å²) in [4.78, 5) is 11.7. The van der Waals surface area contributed by atoms with E-state index < -0.39 is 10.0 Å². The van der Waals surface area contributed by atoms with Crippen molar-refractivity contribution < 1.29 is 13.2 Å². The Bertz CT molecular complexity index is 774. The molecule has 0 spiro atoms. The van der Waals surface area contributed by atoms with Crippen LogP contribution in [0.1, 0.15) is 44.6 Å².